The van der Waals surface area contributed by atoms with Gasteiger partial charge in [0.15, 0.2) is 5.76 Å². The van der Waals surface area contributed by atoms with Gasteiger partial charge in [-0.05, 0) is 71.6 Å². The monoisotopic (exact) mass is 366 g/mol. The first-order chi connectivity index (χ1) is 12.7. The molecule has 2 amide bonds. The molecule has 0 spiro atoms. The van der Waals surface area contributed by atoms with Crippen molar-refractivity contribution >= 4 is 28.8 Å². The highest BCUT2D eigenvalue weighted by molar-refractivity contribution is 7.07. The van der Waals surface area contributed by atoms with Crippen molar-refractivity contribution in [1.29, 1.82) is 0 Å². The topological polar surface area (TPSA) is 62.6 Å². The number of thiophene rings is 1. The lowest BCUT2D eigenvalue weighted by molar-refractivity contribution is 0.0730. The number of benzene rings is 1. The Morgan fingerprint density at radius 3 is 2.58 bits per heavy atom. The van der Waals surface area contributed by atoms with Gasteiger partial charge in [0.1, 0.15) is 0 Å². The van der Waals surface area contributed by atoms with Crippen molar-refractivity contribution in [2.24, 2.45) is 0 Å². The third-order valence-electron chi connectivity index (χ3n) is 4.32. The number of carbonyl (C=O) groups is 2. The summed E-state index contributed by atoms with van der Waals surface area (Å²) >= 11 is 1.64. The number of carbonyl (C=O) groups excluding carboxylic acids is 2. The predicted molar refractivity (Wildman–Crippen MR) is 100 cm³/mol. The van der Waals surface area contributed by atoms with Gasteiger partial charge in [0, 0.05) is 23.8 Å². The van der Waals surface area contributed by atoms with Gasteiger partial charge in [-0.1, -0.05) is 0 Å². The fourth-order valence-electron chi connectivity index (χ4n) is 2.79. The summed E-state index contributed by atoms with van der Waals surface area (Å²) in [6.45, 7) is 0.643. The van der Waals surface area contributed by atoms with Crippen molar-refractivity contribution in [3.8, 4) is 0 Å². The Morgan fingerprint density at radius 1 is 1.15 bits per heavy atom. The Kier molecular flexibility index (Phi) is 4.58. The number of hydrogen-bond acceptors (Lipinski definition) is 4. The van der Waals surface area contributed by atoms with E-state index in [0.717, 1.165) is 18.4 Å². The average molecular weight is 366 g/mol. The molecule has 0 atom stereocenters. The van der Waals surface area contributed by atoms with Crippen LogP contribution in [-0.2, 0) is 6.54 Å². The van der Waals surface area contributed by atoms with Crippen molar-refractivity contribution < 1.29 is 14.0 Å². The molecular formula is C20H18N2O3S. The van der Waals surface area contributed by atoms with Crippen LogP contribution in [0.3, 0.4) is 0 Å². The maximum atomic E-state index is 12.9. The number of hydrogen-bond donors (Lipinski definition) is 1. The van der Waals surface area contributed by atoms with Crippen LogP contribution >= 0.6 is 11.3 Å². The summed E-state index contributed by atoms with van der Waals surface area (Å²) in [6, 6.07) is 12.6. The Bertz CT molecular complexity index is 882. The lowest BCUT2D eigenvalue weighted by Crippen LogP contribution is -2.32. The molecule has 0 bridgehead atoms. The van der Waals surface area contributed by atoms with Crippen molar-refractivity contribution in [2.45, 2.75) is 25.4 Å². The molecular weight excluding hydrogens is 348 g/mol. The SMILES string of the molecule is O=C(Nc1ccc(C(=O)N(Cc2ccsc2)C2CC2)cc1)c1ccco1. The number of furan rings is 1. The molecule has 1 fully saturated rings. The van der Waals surface area contributed by atoms with E-state index in [1.54, 1.807) is 47.7 Å². The molecule has 0 unspecified atom stereocenters. The summed E-state index contributed by atoms with van der Waals surface area (Å²) in [6.07, 6.45) is 3.58. The molecule has 0 aliphatic heterocycles. The van der Waals surface area contributed by atoms with E-state index < -0.39 is 0 Å². The van der Waals surface area contributed by atoms with E-state index in [2.05, 4.69) is 16.8 Å². The molecule has 0 saturated heterocycles. The van der Waals surface area contributed by atoms with E-state index in [4.69, 9.17) is 4.42 Å². The number of anilines is 1. The van der Waals surface area contributed by atoms with Gasteiger partial charge in [-0.15, -0.1) is 0 Å². The third-order valence-corrected chi connectivity index (χ3v) is 5.05. The Labute approximate surface area is 155 Å². The Hall–Kier alpha value is -2.86. The largest absolute Gasteiger partial charge is 0.459 e. The summed E-state index contributed by atoms with van der Waals surface area (Å²) in [5, 5.41) is 6.86. The standard InChI is InChI=1S/C20H18N2O3S/c23-19(18-2-1-10-25-18)21-16-5-3-15(4-6-16)20(24)22(17-7-8-17)12-14-9-11-26-13-14/h1-6,9-11,13,17H,7-8,12H2,(H,21,23). The first kappa shape index (κ1) is 16.6. The molecule has 1 aliphatic carbocycles. The van der Waals surface area contributed by atoms with Gasteiger partial charge in [-0.2, -0.15) is 11.3 Å². The van der Waals surface area contributed by atoms with Crippen molar-refractivity contribution in [3.05, 3.63) is 76.4 Å². The second kappa shape index (κ2) is 7.17. The lowest BCUT2D eigenvalue weighted by atomic mass is 10.1. The molecule has 3 aromatic rings. The summed E-state index contributed by atoms with van der Waals surface area (Å²) in [5.74, 6) is -0.0328. The maximum absolute atomic E-state index is 12.9. The summed E-state index contributed by atoms with van der Waals surface area (Å²) in [4.78, 5) is 26.8. The van der Waals surface area contributed by atoms with E-state index in [1.807, 2.05) is 10.3 Å². The first-order valence-corrected chi connectivity index (χ1v) is 9.42. The minimum Gasteiger partial charge on any atom is -0.459 e. The predicted octanol–water partition coefficient (Wildman–Crippen LogP) is 4.40. The molecule has 1 N–H and O–H groups in total. The van der Waals surface area contributed by atoms with Crippen molar-refractivity contribution in [2.75, 3.05) is 5.32 Å². The normalized spacial score (nSPS) is 13.4. The molecule has 2 heterocycles. The zero-order chi connectivity index (χ0) is 17.9. The molecule has 1 aliphatic rings. The second-order valence-electron chi connectivity index (χ2n) is 6.30. The molecule has 26 heavy (non-hydrogen) atoms. The van der Waals surface area contributed by atoms with Crippen LogP contribution in [0.1, 0.15) is 39.3 Å². The second-order valence-corrected chi connectivity index (χ2v) is 7.08. The van der Waals surface area contributed by atoms with Gasteiger partial charge >= 0.3 is 0 Å². The van der Waals surface area contributed by atoms with Crippen LogP contribution in [0.4, 0.5) is 5.69 Å². The molecule has 132 valence electrons. The summed E-state index contributed by atoms with van der Waals surface area (Å²) in [7, 11) is 0. The number of nitrogens with one attached hydrogen (secondary N) is 1. The molecule has 1 aromatic carbocycles. The summed E-state index contributed by atoms with van der Waals surface area (Å²) < 4.78 is 5.07. The number of rotatable bonds is 6. The molecule has 2 aromatic heterocycles. The van der Waals surface area contributed by atoms with E-state index in [0.29, 0.717) is 23.8 Å². The van der Waals surface area contributed by atoms with E-state index in [9.17, 15) is 9.59 Å². The van der Waals surface area contributed by atoms with Crippen molar-refractivity contribution in [3.63, 3.8) is 0 Å². The van der Waals surface area contributed by atoms with E-state index in [-0.39, 0.29) is 17.6 Å². The van der Waals surface area contributed by atoms with Crippen LogP contribution in [0.25, 0.3) is 0 Å². The Balaban J connectivity index is 1.45. The highest BCUT2D eigenvalue weighted by Gasteiger charge is 2.33. The van der Waals surface area contributed by atoms with Gasteiger partial charge in [-0.3, -0.25) is 9.59 Å². The van der Waals surface area contributed by atoms with Crippen LogP contribution in [0.2, 0.25) is 0 Å². The summed E-state index contributed by atoms with van der Waals surface area (Å²) in [5.41, 5.74) is 2.42. The minimum absolute atomic E-state index is 0.0302. The quantitative estimate of drug-likeness (QED) is 0.703. The molecule has 6 heteroatoms. The molecule has 4 rings (SSSR count). The molecule has 1 saturated carbocycles. The third kappa shape index (κ3) is 3.70. The zero-order valence-electron chi connectivity index (χ0n) is 14.1. The zero-order valence-corrected chi connectivity index (χ0v) is 14.9. The van der Waals surface area contributed by atoms with Gasteiger partial charge in [0.2, 0.25) is 0 Å². The van der Waals surface area contributed by atoms with Gasteiger partial charge in [0.05, 0.1) is 6.26 Å². The highest BCUT2D eigenvalue weighted by Crippen LogP contribution is 2.30. The minimum atomic E-state index is -0.314. The van der Waals surface area contributed by atoms with Crippen LogP contribution in [0.15, 0.2) is 63.9 Å². The van der Waals surface area contributed by atoms with Crippen molar-refractivity contribution in [1.82, 2.24) is 4.90 Å². The van der Waals surface area contributed by atoms with Gasteiger partial charge < -0.3 is 14.6 Å². The van der Waals surface area contributed by atoms with Gasteiger partial charge in [-0.25, -0.2) is 0 Å². The molecule has 0 radical (unpaired) electrons. The fourth-order valence-corrected chi connectivity index (χ4v) is 3.45. The van der Waals surface area contributed by atoms with Crippen LogP contribution in [-0.4, -0.2) is 22.8 Å². The number of amides is 2. The fraction of sp³-hybridized carbons (Fsp3) is 0.200. The Morgan fingerprint density at radius 2 is 1.96 bits per heavy atom. The lowest BCUT2D eigenvalue weighted by Gasteiger charge is -2.22. The first-order valence-electron chi connectivity index (χ1n) is 8.47. The van der Waals surface area contributed by atoms with Crippen LogP contribution in [0.5, 0.6) is 0 Å². The van der Waals surface area contributed by atoms with Gasteiger partial charge in [0.25, 0.3) is 11.8 Å². The van der Waals surface area contributed by atoms with E-state index in [1.165, 1.54) is 6.26 Å². The van der Waals surface area contributed by atoms with Crippen LogP contribution < -0.4 is 5.32 Å². The van der Waals surface area contributed by atoms with E-state index >= 15 is 0 Å². The average Bonchev–Trinajstić information content (AvgIpc) is 3.13. The molecule has 5 nitrogen and oxygen atoms in total. The highest BCUT2D eigenvalue weighted by atomic mass is 32.1. The smallest absolute Gasteiger partial charge is 0.291 e. The number of nitrogens with zero attached hydrogens (tertiary/aromatic N) is 1. The maximum Gasteiger partial charge on any atom is 0.291 e. The van der Waals surface area contributed by atoms with Crippen LogP contribution in [0, 0.1) is 0 Å².